The molecule has 0 radical (unpaired) electrons. The van der Waals surface area contributed by atoms with Gasteiger partial charge in [0.1, 0.15) is 17.3 Å². The lowest BCUT2D eigenvalue weighted by molar-refractivity contribution is 1.12. The standard InChI is InChI=1S/C14H12N6/c15-12-8-13(18-10-4-2-1-3-5-10)20-14(19-12)11-9-16-6-7-17-11/h1-9H,(H3,15,18,19,20). The van der Waals surface area contributed by atoms with Gasteiger partial charge in [-0.25, -0.2) is 15.0 Å². The second-order valence-electron chi connectivity index (χ2n) is 4.08. The van der Waals surface area contributed by atoms with E-state index in [0.717, 1.165) is 5.69 Å². The molecule has 3 aromatic rings. The summed E-state index contributed by atoms with van der Waals surface area (Å²) in [5.41, 5.74) is 7.32. The van der Waals surface area contributed by atoms with Crippen LogP contribution >= 0.6 is 0 Å². The van der Waals surface area contributed by atoms with Crippen LogP contribution in [0.2, 0.25) is 0 Å². The SMILES string of the molecule is Nc1cc(Nc2ccccc2)nc(-c2cnccn2)n1. The van der Waals surface area contributed by atoms with Crippen LogP contribution < -0.4 is 11.1 Å². The highest BCUT2D eigenvalue weighted by Gasteiger charge is 2.06. The molecule has 0 fully saturated rings. The normalized spacial score (nSPS) is 10.2. The van der Waals surface area contributed by atoms with Gasteiger partial charge < -0.3 is 11.1 Å². The average molecular weight is 264 g/mol. The Hall–Kier alpha value is -3.02. The smallest absolute Gasteiger partial charge is 0.183 e. The lowest BCUT2D eigenvalue weighted by Crippen LogP contribution is -2.01. The Labute approximate surface area is 115 Å². The van der Waals surface area contributed by atoms with Crippen molar-refractivity contribution in [2.75, 3.05) is 11.1 Å². The third-order valence-corrected chi connectivity index (χ3v) is 2.58. The van der Waals surface area contributed by atoms with Gasteiger partial charge in [-0.15, -0.1) is 0 Å². The van der Waals surface area contributed by atoms with Gasteiger partial charge in [-0.05, 0) is 12.1 Å². The maximum Gasteiger partial charge on any atom is 0.183 e. The van der Waals surface area contributed by atoms with Gasteiger partial charge in [0.15, 0.2) is 5.82 Å². The van der Waals surface area contributed by atoms with Crippen LogP contribution in [-0.4, -0.2) is 19.9 Å². The third kappa shape index (κ3) is 2.69. The van der Waals surface area contributed by atoms with E-state index in [4.69, 9.17) is 5.73 Å². The van der Waals surface area contributed by atoms with Crippen molar-refractivity contribution in [3.63, 3.8) is 0 Å². The Balaban J connectivity index is 1.95. The number of nitrogens with one attached hydrogen (secondary N) is 1. The summed E-state index contributed by atoms with van der Waals surface area (Å²) in [6.45, 7) is 0. The number of nitrogen functional groups attached to an aromatic ring is 1. The molecule has 0 unspecified atom stereocenters. The van der Waals surface area contributed by atoms with Gasteiger partial charge in [-0.2, -0.15) is 0 Å². The van der Waals surface area contributed by atoms with E-state index in [2.05, 4.69) is 25.3 Å². The van der Waals surface area contributed by atoms with Crippen LogP contribution in [0.4, 0.5) is 17.3 Å². The number of rotatable bonds is 3. The minimum atomic E-state index is 0.374. The molecule has 6 nitrogen and oxygen atoms in total. The zero-order valence-corrected chi connectivity index (χ0v) is 10.6. The molecule has 0 saturated carbocycles. The minimum Gasteiger partial charge on any atom is -0.384 e. The molecule has 3 N–H and O–H groups in total. The molecule has 0 atom stereocenters. The summed E-state index contributed by atoms with van der Waals surface area (Å²) in [6, 6.07) is 11.4. The van der Waals surface area contributed by atoms with E-state index in [1.54, 1.807) is 24.7 Å². The van der Waals surface area contributed by atoms with Gasteiger partial charge in [0.25, 0.3) is 0 Å². The van der Waals surface area contributed by atoms with Crippen molar-refractivity contribution >= 4 is 17.3 Å². The van der Waals surface area contributed by atoms with Gasteiger partial charge >= 0.3 is 0 Å². The summed E-state index contributed by atoms with van der Waals surface area (Å²) >= 11 is 0. The fraction of sp³-hybridized carbons (Fsp3) is 0. The van der Waals surface area contributed by atoms with E-state index in [9.17, 15) is 0 Å². The van der Waals surface area contributed by atoms with E-state index in [1.165, 1.54) is 0 Å². The third-order valence-electron chi connectivity index (χ3n) is 2.58. The molecule has 2 heterocycles. The first-order valence-corrected chi connectivity index (χ1v) is 6.04. The molecule has 3 rings (SSSR count). The number of anilines is 3. The first kappa shape index (κ1) is 12.0. The lowest BCUT2D eigenvalue weighted by Gasteiger charge is -2.07. The Morgan fingerprint density at radius 3 is 2.60 bits per heavy atom. The molecule has 0 aliphatic carbocycles. The summed E-state index contributed by atoms with van der Waals surface area (Å²) < 4.78 is 0. The molecule has 0 amide bonds. The average Bonchev–Trinajstić information content (AvgIpc) is 2.49. The molecule has 0 saturated heterocycles. The maximum atomic E-state index is 5.81. The van der Waals surface area contributed by atoms with E-state index in [-0.39, 0.29) is 0 Å². The van der Waals surface area contributed by atoms with Crippen LogP contribution in [0.3, 0.4) is 0 Å². The minimum absolute atomic E-state index is 0.374. The van der Waals surface area contributed by atoms with Crippen LogP contribution in [0.15, 0.2) is 55.0 Å². The van der Waals surface area contributed by atoms with Crippen LogP contribution in [0.5, 0.6) is 0 Å². The molecule has 0 aliphatic rings. The van der Waals surface area contributed by atoms with Crippen molar-refractivity contribution in [1.29, 1.82) is 0 Å². The second kappa shape index (κ2) is 5.31. The van der Waals surface area contributed by atoms with E-state index >= 15 is 0 Å². The molecule has 0 spiro atoms. The largest absolute Gasteiger partial charge is 0.384 e. The van der Waals surface area contributed by atoms with Crippen molar-refractivity contribution in [1.82, 2.24) is 19.9 Å². The predicted molar refractivity (Wildman–Crippen MR) is 77.2 cm³/mol. The Kier molecular flexibility index (Phi) is 3.20. The summed E-state index contributed by atoms with van der Waals surface area (Å²) in [7, 11) is 0. The number of para-hydroxylation sites is 1. The molecule has 6 heteroatoms. The Bertz CT molecular complexity index is 699. The topological polar surface area (TPSA) is 89.6 Å². The quantitative estimate of drug-likeness (QED) is 0.754. The number of hydrogen-bond donors (Lipinski definition) is 2. The highest BCUT2D eigenvalue weighted by atomic mass is 15.1. The molecule has 0 aliphatic heterocycles. The summed E-state index contributed by atoms with van der Waals surface area (Å²) in [5.74, 6) is 1.43. The maximum absolute atomic E-state index is 5.81. The van der Waals surface area contributed by atoms with Crippen molar-refractivity contribution < 1.29 is 0 Å². The molecule has 98 valence electrons. The van der Waals surface area contributed by atoms with Crippen molar-refractivity contribution in [2.45, 2.75) is 0 Å². The highest BCUT2D eigenvalue weighted by molar-refractivity contribution is 5.62. The number of nitrogens with zero attached hydrogens (tertiary/aromatic N) is 4. The Morgan fingerprint density at radius 1 is 1.00 bits per heavy atom. The van der Waals surface area contributed by atoms with Gasteiger partial charge in [0.05, 0.1) is 6.20 Å². The van der Waals surface area contributed by atoms with Crippen LogP contribution in [0.1, 0.15) is 0 Å². The molecule has 1 aromatic carbocycles. The van der Waals surface area contributed by atoms with Gasteiger partial charge in [0, 0.05) is 24.1 Å². The van der Waals surface area contributed by atoms with E-state index < -0.39 is 0 Å². The van der Waals surface area contributed by atoms with Crippen molar-refractivity contribution in [3.05, 3.63) is 55.0 Å². The molecular formula is C14H12N6. The lowest BCUT2D eigenvalue weighted by atomic mass is 10.3. The van der Waals surface area contributed by atoms with Crippen LogP contribution in [0, 0.1) is 0 Å². The Morgan fingerprint density at radius 2 is 1.85 bits per heavy atom. The first-order chi connectivity index (χ1) is 9.81. The fourth-order valence-electron chi connectivity index (χ4n) is 1.73. The molecule has 0 bridgehead atoms. The molecule has 20 heavy (non-hydrogen) atoms. The highest BCUT2D eigenvalue weighted by Crippen LogP contribution is 2.19. The zero-order valence-electron chi connectivity index (χ0n) is 10.6. The summed E-state index contributed by atoms with van der Waals surface area (Å²) in [4.78, 5) is 16.7. The summed E-state index contributed by atoms with van der Waals surface area (Å²) in [5, 5.41) is 3.18. The number of hydrogen-bond acceptors (Lipinski definition) is 6. The van der Waals surface area contributed by atoms with Gasteiger partial charge in [-0.3, -0.25) is 4.98 Å². The number of aromatic nitrogens is 4. The van der Waals surface area contributed by atoms with Crippen LogP contribution in [0.25, 0.3) is 11.5 Å². The molecular weight excluding hydrogens is 252 g/mol. The van der Waals surface area contributed by atoms with Gasteiger partial charge in [-0.1, -0.05) is 18.2 Å². The van der Waals surface area contributed by atoms with Crippen LogP contribution in [-0.2, 0) is 0 Å². The number of benzene rings is 1. The van der Waals surface area contributed by atoms with Crippen molar-refractivity contribution in [3.8, 4) is 11.5 Å². The number of nitrogens with two attached hydrogens (primary N) is 1. The van der Waals surface area contributed by atoms with E-state index in [1.807, 2.05) is 30.3 Å². The second-order valence-corrected chi connectivity index (χ2v) is 4.08. The van der Waals surface area contributed by atoms with E-state index in [0.29, 0.717) is 23.2 Å². The monoisotopic (exact) mass is 264 g/mol. The van der Waals surface area contributed by atoms with Crippen molar-refractivity contribution in [2.24, 2.45) is 0 Å². The molecule has 2 aromatic heterocycles. The predicted octanol–water partition coefficient (Wildman–Crippen LogP) is 2.26. The summed E-state index contributed by atoms with van der Waals surface area (Å²) in [6.07, 6.45) is 4.78. The van der Waals surface area contributed by atoms with Gasteiger partial charge in [0.2, 0.25) is 0 Å². The fourth-order valence-corrected chi connectivity index (χ4v) is 1.73. The first-order valence-electron chi connectivity index (χ1n) is 6.04. The zero-order chi connectivity index (χ0) is 13.8.